The van der Waals surface area contributed by atoms with Crippen molar-refractivity contribution in [2.45, 2.75) is 12.4 Å². The number of halogens is 4. The number of hydrogen-bond acceptors (Lipinski definition) is 4. The molecular weight excluding hydrogens is 319 g/mol. The van der Waals surface area contributed by atoms with Crippen LogP contribution in [0.1, 0.15) is 5.69 Å². The van der Waals surface area contributed by atoms with Gasteiger partial charge in [0, 0.05) is 22.2 Å². The maximum absolute atomic E-state index is 12.3. The molecule has 0 saturated heterocycles. The molecule has 0 bridgehead atoms. The summed E-state index contributed by atoms with van der Waals surface area (Å²) < 4.78 is 63.3. The number of hydrogen-bond donors (Lipinski definition) is 0. The van der Waals surface area contributed by atoms with Gasteiger partial charge in [0.25, 0.3) is 0 Å². The van der Waals surface area contributed by atoms with Gasteiger partial charge in [-0.3, -0.25) is 4.98 Å². The molecule has 1 aromatic carbocycles. The first-order valence-corrected chi connectivity index (χ1v) is 6.96. The first-order valence-electron chi connectivity index (χ1n) is 5.18. The van der Waals surface area contributed by atoms with Crippen molar-refractivity contribution in [3.8, 4) is 5.75 Å². The number of aromatic nitrogens is 1. The summed E-state index contributed by atoms with van der Waals surface area (Å²) >= 11 is 5.74. The Kier molecular flexibility index (Phi) is 3.55. The molecule has 4 nitrogen and oxygen atoms in total. The summed E-state index contributed by atoms with van der Waals surface area (Å²) in [6, 6.07) is 5.32. The predicted molar refractivity (Wildman–Crippen MR) is 67.1 cm³/mol. The monoisotopic (exact) mass is 325 g/mol. The average Bonchev–Trinajstić information content (AvgIpc) is 2.28. The van der Waals surface area contributed by atoms with E-state index in [1.165, 1.54) is 25.1 Å². The maximum atomic E-state index is 12.3. The highest BCUT2D eigenvalue weighted by molar-refractivity contribution is 7.88. The highest BCUT2D eigenvalue weighted by Gasteiger charge is 2.48. The summed E-state index contributed by atoms with van der Waals surface area (Å²) in [4.78, 5) is 4.05. The molecule has 9 heteroatoms. The SMILES string of the molecule is Cc1cc(OS(=O)(=O)C(F)(F)F)c2cc(Cl)ccc2n1. The fraction of sp³-hybridized carbons (Fsp3) is 0.182. The summed E-state index contributed by atoms with van der Waals surface area (Å²) in [6.45, 7) is 1.50. The van der Waals surface area contributed by atoms with Crippen molar-refractivity contribution in [2.75, 3.05) is 0 Å². The molecule has 108 valence electrons. The van der Waals surface area contributed by atoms with Crippen molar-refractivity contribution in [3.63, 3.8) is 0 Å². The van der Waals surface area contributed by atoms with Gasteiger partial charge in [-0.05, 0) is 25.1 Å². The lowest BCUT2D eigenvalue weighted by Crippen LogP contribution is -2.28. The summed E-state index contributed by atoms with van der Waals surface area (Å²) in [5.41, 5.74) is -4.91. The van der Waals surface area contributed by atoms with Crippen LogP contribution < -0.4 is 4.18 Å². The quantitative estimate of drug-likeness (QED) is 0.627. The van der Waals surface area contributed by atoms with E-state index < -0.39 is 21.4 Å². The summed E-state index contributed by atoms with van der Waals surface area (Å²) in [5.74, 6) is -0.465. The van der Waals surface area contributed by atoms with E-state index in [1.807, 2.05) is 0 Å². The molecule has 0 radical (unpaired) electrons. The van der Waals surface area contributed by atoms with Crippen LogP contribution in [0.4, 0.5) is 13.2 Å². The van der Waals surface area contributed by atoms with Crippen LogP contribution in [0.15, 0.2) is 24.3 Å². The third-order valence-corrected chi connectivity index (χ3v) is 3.54. The normalized spacial score (nSPS) is 12.7. The highest BCUT2D eigenvalue weighted by Crippen LogP contribution is 2.32. The van der Waals surface area contributed by atoms with E-state index in [2.05, 4.69) is 9.17 Å². The number of fused-ring (bicyclic) bond motifs is 1. The summed E-state index contributed by atoms with van der Waals surface area (Å²) in [6.07, 6.45) is 0. The van der Waals surface area contributed by atoms with E-state index in [4.69, 9.17) is 11.6 Å². The van der Waals surface area contributed by atoms with E-state index >= 15 is 0 Å². The minimum atomic E-state index is -5.74. The molecule has 0 unspecified atom stereocenters. The van der Waals surface area contributed by atoms with Crippen molar-refractivity contribution >= 4 is 32.6 Å². The Balaban J connectivity index is 2.63. The van der Waals surface area contributed by atoms with E-state index in [-0.39, 0.29) is 15.9 Å². The molecule has 0 aliphatic heterocycles. The minimum Gasteiger partial charge on any atom is -0.375 e. The standard InChI is InChI=1S/C11H7ClF3NO3S/c1-6-4-10(19-20(17,18)11(13,14)15)8-5-7(12)2-3-9(8)16-6/h2-5H,1H3. The van der Waals surface area contributed by atoms with Crippen molar-refractivity contribution in [1.29, 1.82) is 0 Å². The van der Waals surface area contributed by atoms with Crippen LogP contribution in [0, 0.1) is 6.92 Å². The molecule has 20 heavy (non-hydrogen) atoms. The van der Waals surface area contributed by atoms with E-state index in [0.29, 0.717) is 5.69 Å². The van der Waals surface area contributed by atoms with Gasteiger partial charge in [0.2, 0.25) is 0 Å². The van der Waals surface area contributed by atoms with Crippen molar-refractivity contribution in [1.82, 2.24) is 4.98 Å². The van der Waals surface area contributed by atoms with Crippen LogP contribution in [0.5, 0.6) is 5.75 Å². The molecule has 0 spiro atoms. The molecule has 0 atom stereocenters. The van der Waals surface area contributed by atoms with Crippen molar-refractivity contribution in [3.05, 3.63) is 35.0 Å². The molecule has 0 aliphatic carbocycles. The topological polar surface area (TPSA) is 56.3 Å². The van der Waals surface area contributed by atoms with Crippen LogP contribution >= 0.6 is 11.6 Å². The number of pyridine rings is 1. The Bertz CT molecular complexity index is 774. The number of benzene rings is 1. The van der Waals surface area contributed by atoms with Crippen molar-refractivity contribution < 1.29 is 25.8 Å². The van der Waals surface area contributed by atoms with Gasteiger partial charge in [-0.2, -0.15) is 21.6 Å². The lowest BCUT2D eigenvalue weighted by molar-refractivity contribution is -0.0499. The zero-order valence-corrected chi connectivity index (χ0v) is 11.5. The van der Waals surface area contributed by atoms with Gasteiger partial charge in [0.1, 0.15) is 0 Å². The van der Waals surface area contributed by atoms with Crippen LogP contribution in [0.3, 0.4) is 0 Å². The van der Waals surface area contributed by atoms with Gasteiger partial charge >= 0.3 is 15.6 Å². The molecule has 0 N–H and O–H groups in total. The van der Waals surface area contributed by atoms with E-state index in [1.54, 1.807) is 0 Å². The van der Waals surface area contributed by atoms with Gasteiger partial charge in [-0.15, -0.1) is 0 Å². The molecule has 2 rings (SSSR count). The number of nitrogens with zero attached hydrogens (tertiary/aromatic N) is 1. The molecule has 1 heterocycles. The smallest absolute Gasteiger partial charge is 0.375 e. The molecule has 0 fully saturated rings. The lowest BCUT2D eigenvalue weighted by atomic mass is 10.2. The molecule has 1 aromatic heterocycles. The summed E-state index contributed by atoms with van der Waals surface area (Å²) in [5, 5.41) is 0.299. The fourth-order valence-electron chi connectivity index (χ4n) is 1.53. The second-order valence-electron chi connectivity index (χ2n) is 3.91. The van der Waals surface area contributed by atoms with Crippen LogP contribution in [0.2, 0.25) is 5.02 Å². The average molecular weight is 326 g/mol. The zero-order valence-electron chi connectivity index (χ0n) is 9.90. The van der Waals surface area contributed by atoms with Crippen LogP contribution in [0.25, 0.3) is 10.9 Å². The van der Waals surface area contributed by atoms with Crippen molar-refractivity contribution in [2.24, 2.45) is 0 Å². The molecule has 0 amide bonds. The maximum Gasteiger partial charge on any atom is 0.534 e. The number of rotatable bonds is 2. The number of aryl methyl sites for hydroxylation is 1. The van der Waals surface area contributed by atoms with Gasteiger partial charge in [0.15, 0.2) is 5.75 Å². The number of alkyl halides is 3. The van der Waals surface area contributed by atoms with Gasteiger partial charge < -0.3 is 4.18 Å². The largest absolute Gasteiger partial charge is 0.534 e. The minimum absolute atomic E-state index is 0.0796. The first kappa shape index (κ1) is 14.9. The van der Waals surface area contributed by atoms with Crippen LogP contribution in [-0.4, -0.2) is 18.9 Å². The third kappa shape index (κ3) is 2.80. The molecule has 2 aromatic rings. The first-order chi connectivity index (χ1) is 9.10. The van der Waals surface area contributed by atoms with E-state index in [9.17, 15) is 21.6 Å². The molecular formula is C11H7ClF3NO3S. The van der Waals surface area contributed by atoms with E-state index in [0.717, 1.165) is 6.07 Å². The second kappa shape index (κ2) is 4.78. The fourth-order valence-corrected chi connectivity index (χ4v) is 2.17. The molecule has 0 aliphatic rings. The Labute approximate surface area is 117 Å². The Morgan fingerprint density at radius 1 is 1.25 bits per heavy atom. The van der Waals surface area contributed by atoms with Crippen LogP contribution in [-0.2, 0) is 10.1 Å². The van der Waals surface area contributed by atoms with Gasteiger partial charge in [-0.1, -0.05) is 11.6 Å². The van der Waals surface area contributed by atoms with Gasteiger partial charge in [-0.25, -0.2) is 0 Å². The third-order valence-electron chi connectivity index (χ3n) is 2.34. The zero-order chi connectivity index (χ0) is 15.1. The Morgan fingerprint density at radius 3 is 2.50 bits per heavy atom. The second-order valence-corrected chi connectivity index (χ2v) is 5.88. The van der Waals surface area contributed by atoms with Gasteiger partial charge in [0.05, 0.1) is 5.52 Å². The predicted octanol–water partition coefficient (Wildman–Crippen LogP) is 3.43. The Morgan fingerprint density at radius 2 is 1.90 bits per heavy atom. The Hall–Kier alpha value is -1.54. The summed E-state index contributed by atoms with van der Waals surface area (Å²) in [7, 11) is -5.74. The lowest BCUT2D eigenvalue weighted by Gasteiger charge is -2.12. The highest BCUT2D eigenvalue weighted by atomic mass is 35.5. The molecule has 0 saturated carbocycles.